The Morgan fingerprint density at radius 1 is 1.00 bits per heavy atom. The summed E-state index contributed by atoms with van der Waals surface area (Å²) >= 11 is 0. The molecule has 0 radical (unpaired) electrons. The quantitative estimate of drug-likeness (QED) is 0.489. The van der Waals surface area contributed by atoms with Gasteiger partial charge in [0.25, 0.3) is 0 Å². The van der Waals surface area contributed by atoms with Crippen molar-refractivity contribution < 1.29 is 9.47 Å². The van der Waals surface area contributed by atoms with Crippen LogP contribution in [0.3, 0.4) is 0 Å². The Bertz CT molecular complexity index is 1070. The van der Waals surface area contributed by atoms with Crippen LogP contribution < -0.4 is 20.1 Å². The van der Waals surface area contributed by atoms with E-state index in [0.717, 1.165) is 52.1 Å². The molecule has 31 heavy (non-hydrogen) atoms. The first-order valence-corrected chi connectivity index (χ1v) is 10.6. The molecular weight excluding hydrogens is 390 g/mol. The summed E-state index contributed by atoms with van der Waals surface area (Å²) in [6, 6.07) is 16.4. The molecule has 0 atom stereocenters. The van der Waals surface area contributed by atoms with E-state index in [0.29, 0.717) is 26.3 Å². The third kappa shape index (κ3) is 4.99. The Morgan fingerprint density at radius 3 is 2.55 bits per heavy atom. The van der Waals surface area contributed by atoms with Gasteiger partial charge in [0.2, 0.25) is 0 Å². The minimum atomic E-state index is 0.634. The summed E-state index contributed by atoms with van der Waals surface area (Å²) in [4.78, 5) is 4.36. The van der Waals surface area contributed by atoms with Gasteiger partial charge in [0.1, 0.15) is 0 Å². The maximum atomic E-state index is 5.79. The number of rotatable bonds is 5. The standard InChI is InChI=1S/C24H29N5O2/c1-17-13-18(2)29(28-17)21-8-5-4-7-20(21)16-27-24(25-3)26-15-19-9-10-22-23(14-19)31-12-6-11-30-22/h4-5,7-10,13-14H,6,11-12,15-16H2,1-3H3,(H2,25,26,27). The summed E-state index contributed by atoms with van der Waals surface area (Å²) < 4.78 is 13.5. The third-order valence-corrected chi connectivity index (χ3v) is 5.17. The average molecular weight is 420 g/mol. The first kappa shape index (κ1) is 20.8. The van der Waals surface area contributed by atoms with Crippen LogP contribution in [0.15, 0.2) is 53.5 Å². The van der Waals surface area contributed by atoms with Crippen molar-refractivity contribution in [3.05, 3.63) is 71.0 Å². The van der Waals surface area contributed by atoms with Crippen molar-refractivity contribution in [2.24, 2.45) is 4.99 Å². The van der Waals surface area contributed by atoms with Crippen molar-refractivity contribution in [3.8, 4) is 17.2 Å². The highest BCUT2D eigenvalue weighted by atomic mass is 16.5. The Balaban J connectivity index is 1.40. The first-order chi connectivity index (χ1) is 15.1. The number of fused-ring (bicyclic) bond motifs is 1. The summed E-state index contributed by atoms with van der Waals surface area (Å²) in [7, 11) is 1.77. The number of ether oxygens (including phenoxy) is 2. The summed E-state index contributed by atoms with van der Waals surface area (Å²) in [5.41, 5.74) is 5.44. The zero-order valence-electron chi connectivity index (χ0n) is 18.3. The molecule has 2 N–H and O–H groups in total. The lowest BCUT2D eigenvalue weighted by Crippen LogP contribution is -2.36. The first-order valence-electron chi connectivity index (χ1n) is 10.6. The number of aliphatic imine (C=N–C) groups is 1. The van der Waals surface area contributed by atoms with Crippen molar-refractivity contribution in [2.45, 2.75) is 33.4 Å². The average Bonchev–Trinajstić information content (AvgIpc) is 2.97. The molecule has 2 heterocycles. The third-order valence-electron chi connectivity index (χ3n) is 5.17. The van der Waals surface area contributed by atoms with E-state index in [1.54, 1.807) is 7.05 Å². The predicted octanol–water partition coefficient (Wildman–Crippen LogP) is 3.52. The SMILES string of the molecule is CN=C(NCc1ccc2c(c1)OCCCO2)NCc1ccccc1-n1nc(C)cc1C. The topological polar surface area (TPSA) is 72.7 Å². The molecule has 1 aliphatic heterocycles. The summed E-state index contributed by atoms with van der Waals surface area (Å²) in [5.74, 6) is 2.35. The van der Waals surface area contributed by atoms with Gasteiger partial charge in [0, 0.05) is 32.3 Å². The molecule has 7 heteroatoms. The minimum absolute atomic E-state index is 0.634. The Morgan fingerprint density at radius 2 is 1.77 bits per heavy atom. The number of aromatic nitrogens is 2. The van der Waals surface area contributed by atoms with Crippen LogP contribution in [-0.4, -0.2) is 36.0 Å². The smallest absolute Gasteiger partial charge is 0.191 e. The van der Waals surface area contributed by atoms with E-state index in [4.69, 9.17) is 9.47 Å². The molecule has 0 fully saturated rings. The van der Waals surface area contributed by atoms with Crippen LogP contribution in [0.4, 0.5) is 0 Å². The zero-order chi connectivity index (χ0) is 21.6. The summed E-state index contributed by atoms with van der Waals surface area (Å²) in [5, 5.41) is 11.4. The summed E-state index contributed by atoms with van der Waals surface area (Å²) in [6.07, 6.45) is 0.901. The van der Waals surface area contributed by atoms with Crippen molar-refractivity contribution in [1.29, 1.82) is 0 Å². The number of benzene rings is 2. The molecule has 0 unspecified atom stereocenters. The van der Waals surface area contributed by atoms with Crippen LogP contribution in [0.2, 0.25) is 0 Å². The molecule has 0 spiro atoms. The van der Waals surface area contributed by atoms with Crippen molar-refractivity contribution in [2.75, 3.05) is 20.3 Å². The predicted molar refractivity (Wildman–Crippen MR) is 122 cm³/mol. The normalized spacial score (nSPS) is 13.6. The molecule has 162 valence electrons. The van der Waals surface area contributed by atoms with Gasteiger partial charge >= 0.3 is 0 Å². The number of guanidine groups is 1. The van der Waals surface area contributed by atoms with E-state index in [9.17, 15) is 0 Å². The van der Waals surface area contributed by atoms with Crippen molar-refractivity contribution in [1.82, 2.24) is 20.4 Å². The van der Waals surface area contributed by atoms with Crippen LogP contribution in [-0.2, 0) is 13.1 Å². The number of aryl methyl sites for hydroxylation is 2. The lowest BCUT2D eigenvalue weighted by molar-refractivity contribution is 0.297. The number of para-hydroxylation sites is 1. The fourth-order valence-corrected chi connectivity index (χ4v) is 3.64. The molecule has 0 amide bonds. The van der Waals surface area contributed by atoms with Crippen LogP contribution in [0.25, 0.3) is 5.69 Å². The number of hydrogen-bond acceptors (Lipinski definition) is 4. The molecule has 4 rings (SSSR count). The van der Waals surface area contributed by atoms with E-state index >= 15 is 0 Å². The van der Waals surface area contributed by atoms with Gasteiger partial charge in [-0.15, -0.1) is 0 Å². The molecule has 3 aromatic rings. The number of nitrogens with zero attached hydrogens (tertiary/aromatic N) is 3. The number of nitrogens with one attached hydrogen (secondary N) is 2. The fraction of sp³-hybridized carbons (Fsp3) is 0.333. The molecule has 0 aliphatic carbocycles. The van der Waals surface area contributed by atoms with E-state index in [1.165, 1.54) is 0 Å². The van der Waals surface area contributed by atoms with Crippen LogP contribution in [0, 0.1) is 13.8 Å². The Hall–Kier alpha value is -3.48. The minimum Gasteiger partial charge on any atom is -0.490 e. The van der Waals surface area contributed by atoms with E-state index in [-0.39, 0.29) is 0 Å². The number of hydrogen-bond donors (Lipinski definition) is 2. The lowest BCUT2D eigenvalue weighted by Gasteiger charge is -2.15. The van der Waals surface area contributed by atoms with Gasteiger partial charge in [-0.1, -0.05) is 24.3 Å². The molecule has 0 saturated heterocycles. The highest BCUT2D eigenvalue weighted by Gasteiger charge is 2.12. The van der Waals surface area contributed by atoms with Gasteiger partial charge in [0.05, 0.1) is 24.6 Å². The molecule has 2 aromatic carbocycles. The second kappa shape index (κ2) is 9.55. The van der Waals surface area contributed by atoms with Crippen LogP contribution >= 0.6 is 0 Å². The molecular formula is C24H29N5O2. The van der Waals surface area contributed by atoms with Gasteiger partial charge in [-0.25, -0.2) is 4.68 Å². The molecule has 1 aromatic heterocycles. The van der Waals surface area contributed by atoms with Gasteiger partial charge in [-0.3, -0.25) is 4.99 Å². The van der Waals surface area contributed by atoms with Crippen molar-refractivity contribution >= 4 is 5.96 Å². The fourth-order valence-electron chi connectivity index (χ4n) is 3.64. The second-order valence-corrected chi connectivity index (χ2v) is 7.58. The van der Waals surface area contributed by atoms with Gasteiger partial charge in [-0.2, -0.15) is 5.10 Å². The van der Waals surface area contributed by atoms with E-state index in [2.05, 4.69) is 45.8 Å². The van der Waals surface area contributed by atoms with E-state index < -0.39 is 0 Å². The molecule has 0 bridgehead atoms. The maximum absolute atomic E-state index is 5.79. The summed E-state index contributed by atoms with van der Waals surface area (Å²) in [6.45, 7) is 6.72. The van der Waals surface area contributed by atoms with Crippen LogP contribution in [0.5, 0.6) is 11.5 Å². The monoisotopic (exact) mass is 419 g/mol. The van der Waals surface area contributed by atoms with E-state index in [1.807, 2.05) is 41.9 Å². The Kier molecular flexibility index (Phi) is 6.40. The maximum Gasteiger partial charge on any atom is 0.191 e. The molecule has 0 saturated carbocycles. The zero-order valence-corrected chi connectivity index (χ0v) is 18.3. The molecule has 7 nitrogen and oxygen atoms in total. The van der Waals surface area contributed by atoms with Gasteiger partial charge < -0.3 is 20.1 Å². The highest BCUT2D eigenvalue weighted by Crippen LogP contribution is 2.30. The molecule has 1 aliphatic rings. The lowest BCUT2D eigenvalue weighted by atomic mass is 10.1. The Labute approximate surface area is 183 Å². The van der Waals surface area contributed by atoms with Crippen LogP contribution in [0.1, 0.15) is 28.9 Å². The van der Waals surface area contributed by atoms with Crippen molar-refractivity contribution in [3.63, 3.8) is 0 Å². The second-order valence-electron chi connectivity index (χ2n) is 7.58. The largest absolute Gasteiger partial charge is 0.490 e. The highest BCUT2D eigenvalue weighted by molar-refractivity contribution is 5.79. The van der Waals surface area contributed by atoms with Gasteiger partial charge in [0.15, 0.2) is 17.5 Å². The van der Waals surface area contributed by atoms with Gasteiger partial charge in [-0.05, 0) is 49.2 Å².